The van der Waals surface area contributed by atoms with E-state index in [9.17, 15) is 4.79 Å². The molecule has 1 heterocycles. The number of benzene rings is 1. The van der Waals surface area contributed by atoms with Crippen molar-refractivity contribution in [3.05, 3.63) is 54.6 Å². The Labute approximate surface area is 114 Å². The third-order valence-corrected chi connectivity index (χ3v) is 3.31. The Balaban J connectivity index is 2.31. The number of nitrogens with one attached hydrogen (secondary N) is 1. The monoisotopic (exact) mass is 256 g/mol. The van der Waals surface area contributed by atoms with Gasteiger partial charge < -0.3 is 10.2 Å². The van der Waals surface area contributed by atoms with Gasteiger partial charge in [0.1, 0.15) is 0 Å². The molecule has 1 aromatic rings. The zero-order valence-corrected chi connectivity index (χ0v) is 11.2. The molecule has 0 atom stereocenters. The molecule has 0 saturated heterocycles. The van der Waals surface area contributed by atoms with Crippen LogP contribution in [0.2, 0.25) is 0 Å². The summed E-state index contributed by atoms with van der Waals surface area (Å²) in [7, 11) is 0. The topological polar surface area (TPSA) is 32.3 Å². The van der Waals surface area contributed by atoms with Gasteiger partial charge in [-0.25, -0.2) is 0 Å². The Morgan fingerprint density at radius 3 is 2.74 bits per heavy atom. The second-order valence-corrected chi connectivity index (χ2v) is 4.65. The lowest BCUT2D eigenvalue weighted by Crippen LogP contribution is -2.32. The number of anilines is 1. The second-order valence-electron chi connectivity index (χ2n) is 4.65. The average molecular weight is 256 g/mol. The van der Waals surface area contributed by atoms with Crippen LogP contribution in [-0.2, 0) is 6.42 Å². The van der Waals surface area contributed by atoms with E-state index < -0.39 is 0 Å². The molecule has 1 aliphatic rings. The van der Waals surface area contributed by atoms with Crippen molar-refractivity contribution in [1.29, 1.82) is 0 Å². The molecular formula is C16H20N2O. The summed E-state index contributed by atoms with van der Waals surface area (Å²) in [6.07, 6.45) is 5.52. The summed E-state index contributed by atoms with van der Waals surface area (Å²) in [6.45, 7) is 9.48. The number of amides is 1. The molecule has 1 aromatic carbocycles. The van der Waals surface area contributed by atoms with Crippen molar-refractivity contribution in [3.63, 3.8) is 0 Å². The van der Waals surface area contributed by atoms with Crippen molar-refractivity contribution < 1.29 is 4.79 Å². The predicted molar refractivity (Wildman–Crippen MR) is 79.6 cm³/mol. The van der Waals surface area contributed by atoms with Gasteiger partial charge in [0.05, 0.1) is 0 Å². The molecule has 0 fully saturated rings. The van der Waals surface area contributed by atoms with Crippen LogP contribution in [0.5, 0.6) is 0 Å². The summed E-state index contributed by atoms with van der Waals surface area (Å²) >= 11 is 0. The van der Waals surface area contributed by atoms with E-state index in [1.165, 1.54) is 0 Å². The summed E-state index contributed by atoms with van der Waals surface area (Å²) in [5, 5.41) is 3.35. The normalized spacial score (nSPS) is 13.1. The quantitative estimate of drug-likeness (QED) is 0.822. The Kier molecular flexibility index (Phi) is 4.39. The molecule has 1 N–H and O–H groups in total. The highest BCUT2D eigenvalue weighted by molar-refractivity contribution is 5.97. The summed E-state index contributed by atoms with van der Waals surface area (Å²) in [4.78, 5) is 14.4. The molecule has 100 valence electrons. The Morgan fingerprint density at radius 1 is 1.32 bits per heavy atom. The van der Waals surface area contributed by atoms with E-state index in [0.29, 0.717) is 13.1 Å². The molecule has 0 spiro atoms. The van der Waals surface area contributed by atoms with Gasteiger partial charge in [0.25, 0.3) is 5.91 Å². The van der Waals surface area contributed by atoms with Crippen molar-refractivity contribution in [3.8, 4) is 0 Å². The molecule has 19 heavy (non-hydrogen) atoms. The van der Waals surface area contributed by atoms with E-state index in [4.69, 9.17) is 0 Å². The zero-order chi connectivity index (χ0) is 13.7. The van der Waals surface area contributed by atoms with Crippen LogP contribution in [-0.4, -0.2) is 30.4 Å². The molecule has 0 bridgehead atoms. The van der Waals surface area contributed by atoms with Crippen LogP contribution in [0.15, 0.2) is 43.5 Å². The van der Waals surface area contributed by atoms with Crippen LogP contribution in [0.3, 0.4) is 0 Å². The lowest BCUT2D eigenvalue weighted by atomic mass is 9.97. The fraction of sp³-hybridized carbons (Fsp3) is 0.312. The maximum Gasteiger partial charge on any atom is 0.254 e. The summed E-state index contributed by atoms with van der Waals surface area (Å²) in [5.74, 6) is 0.0559. The first-order chi connectivity index (χ1) is 9.27. The van der Waals surface area contributed by atoms with Crippen LogP contribution < -0.4 is 5.32 Å². The maximum atomic E-state index is 12.6. The van der Waals surface area contributed by atoms with Crippen molar-refractivity contribution in [2.75, 3.05) is 25.0 Å². The second kappa shape index (κ2) is 6.23. The fourth-order valence-corrected chi connectivity index (χ4v) is 2.43. The Bertz CT molecular complexity index is 484. The fourth-order valence-electron chi connectivity index (χ4n) is 2.43. The first-order valence-corrected chi connectivity index (χ1v) is 6.64. The molecule has 0 saturated carbocycles. The van der Waals surface area contributed by atoms with E-state index in [1.807, 2.05) is 18.2 Å². The Hall–Kier alpha value is -2.03. The van der Waals surface area contributed by atoms with Gasteiger partial charge in [-0.05, 0) is 30.5 Å². The standard InChI is InChI=1S/C16H20N2O/c1-3-11-18(12-4-2)16(19)14-7-5-9-15-13(14)8-6-10-17-15/h3-5,7,9,17H,1-2,6,8,10-12H2. The average Bonchev–Trinajstić information content (AvgIpc) is 2.46. The highest BCUT2D eigenvalue weighted by Gasteiger charge is 2.20. The molecular weight excluding hydrogens is 236 g/mol. The number of hydrogen-bond acceptors (Lipinski definition) is 2. The molecule has 0 aliphatic carbocycles. The minimum atomic E-state index is 0.0559. The van der Waals surface area contributed by atoms with Crippen LogP contribution in [0, 0.1) is 0 Å². The van der Waals surface area contributed by atoms with E-state index in [-0.39, 0.29) is 5.91 Å². The van der Waals surface area contributed by atoms with Crippen molar-refractivity contribution in [2.24, 2.45) is 0 Å². The number of rotatable bonds is 5. The van der Waals surface area contributed by atoms with E-state index in [2.05, 4.69) is 18.5 Å². The van der Waals surface area contributed by atoms with Crippen LogP contribution in [0.1, 0.15) is 22.3 Å². The molecule has 2 rings (SSSR count). The van der Waals surface area contributed by atoms with Crippen LogP contribution in [0.4, 0.5) is 5.69 Å². The highest BCUT2D eigenvalue weighted by Crippen LogP contribution is 2.26. The minimum absolute atomic E-state index is 0.0559. The van der Waals surface area contributed by atoms with Gasteiger partial charge in [-0.3, -0.25) is 4.79 Å². The van der Waals surface area contributed by atoms with Gasteiger partial charge in [-0.1, -0.05) is 18.2 Å². The molecule has 3 nitrogen and oxygen atoms in total. The van der Waals surface area contributed by atoms with Gasteiger partial charge in [0.2, 0.25) is 0 Å². The number of carbonyl (C=O) groups excluding carboxylic acids is 1. The highest BCUT2D eigenvalue weighted by atomic mass is 16.2. The van der Waals surface area contributed by atoms with Crippen molar-refractivity contribution >= 4 is 11.6 Å². The number of fused-ring (bicyclic) bond motifs is 1. The minimum Gasteiger partial charge on any atom is -0.385 e. The van der Waals surface area contributed by atoms with E-state index in [0.717, 1.165) is 36.2 Å². The predicted octanol–water partition coefficient (Wildman–Crippen LogP) is 2.86. The van der Waals surface area contributed by atoms with Crippen molar-refractivity contribution in [2.45, 2.75) is 12.8 Å². The molecule has 3 heteroatoms. The van der Waals surface area contributed by atoms with E-state index in [1.54, 1.807) is 17.1 Å². The SMILES string of the molecule is C=CCN(CC=C)C(=O)c1cccc2c1CCCN2. The van der Waals surface area contributed by atoms with Crippen molar-refractivity contribution in [1.82, 2.24) is 4.90 Å². The van der Waals surface area contributed by atoms with Gasteiger partial charge in [-0.2, -0.15) is 0 Å². The number of hydrogen-bond donors (Lipinski definition) is 1. The third-order valence-electron chi connectivity index (χ3n) is 3.31. The lowest BCUT2D eigenvalue weighted by molar-refractivity contribution is 0.0789. The summed E-state index contributed by atoms with van der Waals surface area (Å²) in [5.41, 5.74) is 3.03. The first kappa shape index (κ1) is 13.4. The molecule has 0 aromatic heterocycles. The van der Waals surface area contributed by atoms with Gasteiger partial charge in [-0.15, -0.1) is 13.2 Å². The van der Waals surface area contributed by atoms with Crippen LogP contribution in [0.25, 0.3) is 0 Å². The zero-order valence-electron chi connectivity index (χ0n) is 11.2. The number of carbonyl (C=O) groups is 1. The third kappa shape index (κ3) is 2.87. The van der Waals surface area contributed by atoms with Crippen LogP contribution >= 0.6 is 0 Å². The van der Waals surface area contributed by atoms with Gasteiger partial charge in [0.15, 0.2) is 0 Å². The summed E-state index contributed by atoms with van der Waals surface area (Å²) < 4.78 is 0. The van der Waals surface area contributed by atoms with Gasteiger partial charge in [0, 0.05) is 30.9 Å². The number of nitrogens with zero attached hydrogens (tertiary/aromatic N) is 1. The largest absolute Gasteiger partial charge is 0.385 e. The molecule has 0 unspecified atom stereocenters. The summed E-state index contributed by atoms with van der Waals surface area (Å²) in [6, 6.07) is 5.88. The Morgan fingerprint density at radius 2 is 2.05 bits per heavy atom. The smallest absolute Gasteiger partial charge is 0.254 e. The van der Waals surface area contributed by atoms with E-state index >= 15 is 0 Å². The maximum absolute atomic E-state index is 12.6. The van der Waals surface area contributed by atoms with Gasteiger partial charge >= 0.3 is 0 Å². The molecule has 1 amide bonds. The molecule has 1 aliphatic heterocycles. The molecule has 0 radical (unpaired) electrons. The first-order valence-electron chi connectivity index (χ1n) is 6.64. The lowest BCUT2D eigenvalue weighted by Gasteiger charge is -2.24.